The second kappa shape index (κ2) is 4.01. The largest absolute Gasteiger partial charge is 0.419 e. The highest BCUT2D eigenvalue weighted by molar-refractivity contribution is 5.80. The Hall–Kier alpha value is -2.50. The lowest BCUT2D eigenvalue weighted by atomic mass is 10.1. The second-order valence-electron chi connectivity index (χ2n) is 4.40. The topological polar surface area (TPSA) is 65.0 Å². The lowest BCUT2D eigenvalue weighted by Gasteiger charge is -2.01. The summed E-state index contributed by atoms with van der Waals surface area (Å²) in [6, 6.07) is 7.61. The van der Waals surface area contributed by atoms with Crippen LogP contribution in [0.4, 0.5) is 5.82 Å². The minimum atomic E-state index is -0.354. The number of nitrogens with zero attached hydrogens (tertiary/aromatic N) is 3. The van der Waals surface area contributed by atoms with E-state index in [0.29, 0.717) is 5.58 Å². The normalized spacial score (nSPS) is 11.1. The van der Waals surface area contributed by atoms with Gasteiger partial charge in [-0.2, -0.15) is 5.10 Å². The number of aromatic nitrogens is 3. The van der Waals surface area contributed by atoms with E-state index in [0.717, 1.165) is 22.6 Å². The molecule has 1 aromatic carbocycles. The fourth-order valence-electron chi connectivity index (χ4n) is 2.15. The average Bonchev–Trinajstić information content (AvgIpc) is 2.91. The summed E-state index contributed by atoms with van der Waals surface area (Å²) in [6.45, 7) is 0. The molecule has 0 radical (unpaired) electrons. The molecule has 0 bridgehead atoms. The van der Waals surface area contributed by atoms with Crippen LogP contribution in [0.5, 0.6) is 0 Å². The van der Waals surface area contributed by atoms with Crippen LogP contribution in [0, 0.1) is 0 Å². The van der Waals surface area contributed by atoms with Gasteiger partial charge in [0.2, 0.25) is 0 Å². The summed E-state index contributed by atoms with van der Waals surface area (Å²) >= 11 is 0. The minimum Gasteiger partial charge on any atom is -0.408 e. The van der Waals surface area contributed by atoms with Gasteiger partial charge in [-0.05, 0) is 18.2 Å². The molecule has 0 aliphatic heterocycles. The van der Waals surface area contributed by atoms with Gasteiger partial charge in [0.05, 0.1) is 11.2 Å². The number of benzene rings is 1. The van der Waals surface area contributed by atoms with Crippen molar-refractivity contribution in [3.05, 3.63) is 34.8 Å². The Balaban J connectivity index is 2.22. The first kappa shape index (κ1) is 11.6. The van der Waals surface area contributed by atoms with Crippen molar-refractivity contribution in [1.29, 1.82) is 0 Å². The fourth-order valence-corrected chi connectivity index (χ4v) is 2.15. The van der Waals surface area contributed by atoms with Crippen LogP contribution in [0.2, 0.25) is 0 Å². The Kier molecular flexibility index (Phi) is 2.45. The first-order valence-electron chi connectivity index (χ1n) is 5.92. The van der Waals surface area contributed by atoms with E-state index in [2.05, 4.69) is 10.4 Å². The number of anilines is 1. The number of oxazole rings is 1. The van der Waals surface area contributed by atoms with Gasteiger partial charge in [-0.1, -0.05) is 0 Å². The number of aryl methyl sites for hydroxylation is 2. The van der Waals surface area contributed by atoms with Crippen molar-refractivity contribution < 1.29 is 4.42 Å². The van der Waals surface area contributed by atoms with Gasteiger partial charge in [0.1, 0.15) is 5.82 Å². The molecule has 0 fully saturated rings. The van der Waals surface area contributed by atoms with E-state index < -0.39 is 0 Å². The molecule has 98 valence electrons. The van der Waals surface area contributed by atoms with Gasteiger partial charge in [0, 0.05) is 32.8 Å². The average molecular weight is 258 g/mol. The highest BCUT2D eigenvalue weighted by Crippen LogP contribution is 2.25. The van der Waals surface area contributed by atoms with Crippen LogP contribution < -0.4 is 11.1 Å². The van der Waals surface area contributed by atoms with Gasteiger partial charge in [0.25, 0.3) is 0 Å². The van der Waals surface area contributed by atoms with Crippen LogP contribution in [0.1, 0.15) is 0 Å². The Morgan fingerprint density at radius 1 is 1.26 bits per heavy atom. The lowest BCUT2D eigenvalue weighted by Crippen LogP contribution is -2.08. The molecular formula is C13H14N4O2. The number of rotatable bonds is 2. The quantitative estimate of drug-likeness (QED) is 0.757. The van der Waals surface area contributed by atoms with Gasteiger partial charge >= 0.3 is 5.76 Å². The first-order valence-corrected chi connectivity index (χ1v) is 5.92. The standard InChI is InChI=1S/C13H14N4O2/c1-14-12-7-9(17(3)15-12)8-4-5-11-10(6-8)16(2)13(18)19-11/h4-7H,1-3H3,(H,14,15). The van der Waals surface area contributed by atoms with Crippen LogP contribution in [0.15, 0.2) is 33.5 Å². The number of nitrogens with one attached hydrogen (secondary N) is 1. The van der Waals surface area contributed by atoms with Gasteiger partial charge in [-0.3, -0.25) is 9.25 Å². The molecule has 0 saturated heterocycles. The van der Waals surface area contributed by atoms with E-state index in [-0.39, 0.29) is 5.76 Å². The summed E-state index contributed by atoms with van der Waals surface area (Å²) in [5.41, 5.74) is 3.32. The zero-order valence-corrected chi connectivity index (χ0v) is 11.0. The van der Waals surface area contributed by atoms with Crippen molar-refractivity contribution in [3.63, 3.8) is 0 Å². The number of hydrogen-bond acceptors (Lipinski definition) is 4. The van der Waals surface area contributed by atoms with E-state index in [4.69, 9.17) is 4.42 Å². The van der Waals surface area contributed by atoms with Gasteiger partial charge < -0.3 is 9.73 Å². The molecule has 6 nitrogen and oxygen atoms in total. The zero-order chi connectivity index (χ0) is 13.6. The Bertz CT molecular complexity index is 810. The summed E-state index contributed by atoms with van der Waals surface area (Å²) in [5.74, 6) is 0.451. The summed E-state index contributed by atoms with van der Waals surface area (Å²) in [6.07, 6.45) is 0. The smallest absolute Gasteiger partial charge is 0.408 e. The van der Waals surface area contributed by atoms with Crippen LogP contribution in [-0.2, 0) is 14.1 Å². The molecule has 1 N–H and O–H groups in total. The van der Waals surface area contributed by atoms with E-state index in [1.807, 2.05) is 32.3 Å². The molecule has 2 aromatic heterocycles. The maximum atomic E-state index is 11.5. The monoisotopic (exact) mass is 258 g/mol. The fraction of sp³-hybridized carbons (Fsp3) is 0.231. The molecule has 0 unspecified atom stereocenters. The molecule has 3 aromatic rings. The third-order valence-electron chi connectivity index (χ3n) is 3.22. The molecule has 0 aliphatic carbocycles. The highest BCUT2D eigenvalue weighted by atomic mass is 16.4. The number of fused-ring (bicyclic) bond motifs is 1. The molecule has 0 spiro atoms. The van der Waals surface area contributed by atoms with Crippen LogP contribution >= 0.6 is 0 Å². The molecule has 0 atom stereocenters. The minimum absolute atomic E-state index is 0.354. The molecule has 0 aliphatic rings. The van der Waals surface area contributed by atoms with Crippen molar-refractivity contribution in [2.24, 2.45) is 14.1 Å². The summed E-state index contributed by atoms with van der Waals surface area (Å²) in [5, 5.41) is 7.33. The lowest BCUT2D eigenvalue weighted by molar-refractivity contribution is 0.528. The van der Waals surface area contributed by atoms with Crippen molar-refractivity contribution in [1.82, 2.24) is 14.3 Å². The third-order valence-corrected chi connectivity index (χ3v) is 3.22. The third kappa shape index (κ3) is 1.72. The predicted molar refractivity (Wildman–Crippen MR) is 73.2 cm³/mol. The second-order valence-corrected chi connectivity index (χ2v) is 4.40. The van der Waals surface area contributed by atoms with Gasteiger partial charge in [-0.25, -0.2) is 4.79 Å². The molecule has 19 heavy (non-hydrogen) atoms. The Labute approximate surface area is 109 Å². The summed E-state index contributed by atoms with van der Waals surface area (Å²) < 4.78 is 8.41. The number of hydrogen-bond donors (Lipinski definition) is 1. The maximum Gasteiger partial charge on any atom is 0.419 e. The zero-order valence-electron chi connectivity index (χ0n) is 11.0. The van der Waals surface area contributed by atoms with Gasteiger partial charge in [-0.15, -0.1) is 0 Å². The molecule has 0 amide bonds. The van der Waals surface area contributed by atoms with E-state index >= 15 is 0 Å². The Morgan fingerprint density at radius 3 is 2.74 bits per heavy atom. The van der Waals surface area contributed by atoms with Crippen molar-refractivity contribution in [2.75, 3.05) is 12.4 Å². The Morgan fingerprint density at radius 2 is 2.05 bits per heavy atom. The molecule has 6 heteroatoms. The van der Waals surface area contributed by atoms with Crippen LogP contribution in [0.25, 0.3) is 22.4 Å². The predicted octanol–water partition coefficient (Wildman–Crippen LogP) is 1.57. The van der Waals surface area contributed by atoms with Crippen molar-refractivity contribution >= 4 is 16.9 Å². The van der Waals surface area contributed by atoms with Crippen molar-refractivity contribution in [2.45, 2.75) is 0 Å². The van der Waals surface area contributed by atoms with E-state index in [9.17, 15) is 4.79 Å². The SMILES string of the molecule is CNc1cc(-c2ccc3oc(=O)n(C)c3c2)n(C)n1. The van der Waals surface area contributed by atoms with E-state index in [1.54, 1.807) is 17.8 Å². The van der Waals surface area contributed by atoms with Crippen molar-refractivity contribution in [3.8, 4) is 11.3 Å². The molecular weight excluding hydrogens is 244 g/mol. The van der Waals surface area contributed by atoms with Gasteiger partial charge in [0.15, 0.2) is 5.58 Å². The first-order chi connectivity index (χ1) is 9.10. The van der Waals surface area contributed by atoms with Crippen LogP contribution in [-0.4, -0.2) is 21.4 Å². The molecule has 2 heterocycles. The summed E-state index contributed by atoms with van der Waals surface area (Å²) in [4.78, 5) is 11.5. The molecule has 0 saturated carbocycles. The highest BCUT2D eigenvalue weighted by Gasteiger charge is 2.10. The van der Waals surface area contributed by atoms with Crippen LogP contribution in [0.3, 0.4) is 0 Å². The van der Waals surface area contributed by atoms with E-state index in [1.165, 1.54) is 4.57 Å². The maximum absolute atomic E-state index is 11.5. The molecule has 3 rings (SSSR count). The summed E-state index contributed by atoms with van der Waals surface area (Å²) in [7, 11) is 5.41.